The zero-order valence-electron chi connectivity index (χ0n) is 9.78. The van der Waals surface area contributed by atoms with Crippen LogP contribution in [-0.4, -0.2) is 19.6 Å². The van der Waals surface area contributed by atoms with Crippen molar-refractivity contribution in [2.75, 3.05) is 4.72 Å². The molecule has 1 aromatic rings. The molecule has 0 atom stereocenters. The van der Waals surface area contributed by atoms with Crippen LogP contribution in [0.2, 0.25) is 5.02 Å². The number of phenols is 1. The van der Waals surface area contributed by atoms with Crippen LogP contribution in [-0.2, 0) is 10.2 Å². The van der Waals surface area contributed by atoms with E-state index in [0.717, 1.165) is 0 Å². The van der Waals surface area contributed by atoms with E-state index in [1.54, 1.807) is 26.8 Å². The van der Waals surface area contributed by atoms with Crippen molar-refractivity contribution < 1.29 is 13.5 Å². The Morgan fingerprint density at radius 3 is 2.47 bits per heavy atom. The van der Waals surface area contributed by atoms with Crippen LogP contribution in [0.15, 0.2) is 12.1 Å². The largest absolute Gasteiger partial charge is 0.505 e. The normalized spacial score (nSPS) is 11.8. The lowest BCUT2D eigenvalue weighted by Gasteiger charge is -2.13. The van der Waals surface area contributed by atoms with Crippen LogP contribution in [0.4, 0.5) is 5.69 Å². The molecule has 0 aliphatic heterocycles. The highest BCUT2D eigenvalue weighted by molar-refractivity contribution is 7.90. The summed E-state index contributed by atoms with van der Waals surface area (Å²) in [6.45, 7) is 5.03. The predicted molar refractivity (Wildman–Crippen MR) is 68.7 cm³/mol. The third kappa shape index (κ3) is 4.07. The van der Waals surface area contributed by atoms with Crippen molar-refractivity contribution in [2.24, 2.45) is 0 Å². The summed E-state index contributed by atoms with van der Waals surface area (Å²) in [6.07, 6.45) is 0. The van der Waals surface area contributed by atoms with Crippen LogP contribution < -0.4 is 9.44 Å². The van der Waals surface area contributed by atoms with Gasteiger partial charge in [0.2, 0.25) is 0 Å². The smallest absolute Gasteiger partial charge is 0.299 e. The van der Waals surface area contributed by atoms with E-state index in [1.807, 2.05) is 0 Å². The monoisotopic (exact) mass is 278 g/mol. The van der Waals surface area contributed by atoms with Gasteiger partial charge >= 0.3 is 0 Å². The number of aryl methyl sites for hydroxylation is 1. The van der Waals surface area contributed by atoms with E-state index in [-0.39, 0.29) is 17.5 Å². The van der Waals surface area contributed by atoms with E-state index in [2.05, 4.69) is 9.44 Å². The minimum atomic E-state index is -3.71. The molecule has 0 heterocycles. The van der Waals surface area contributed by atoms with Gasteiger partial charge in [0.15, 0.2) is 0 Å². The second kappa shape index (κ2) is 5.12. The molecule has 0 fully saturated rings. The van der Waals surface area contributed by atoms with Crippen LogP contribution in [0, 0.1) is 6.92 Å². The molecule has 1 aromatic carbocycles. The Balaban J connectivity index is 3.04. The van der Waals surface area contributed by atoms with E-state index in [0.29, 0.717) is 10.6 Å². The Hall–Kier alpha value is -0.980. The van der Waals surface area contributed by atoms with E-state index in [9.17, 15) is 13.5 Å². The lowest BCUT2D eigenvalue weighted by molar-refractivity contribution is 0.473. The molecule has 0 aromatic heterocycles. The summed E-state index contributed by atoms with van der Waals surface area (Å²) in [5.74, 6) is -0.136. The molecular weight excluding hydrogens is 264 g/mol. The number of aromatic hydroxyl groups is 1. The maximum Gasteiger partial charge on any atom is 0.299 e. The summed E-state index contributed by atoms with van der Waals surface area (Å²) >= 11 is 5.79. The number of nitrogens with one attached hydrogen (secondary N) is 2. The zero-order valence-corrected chi connectivity index (χ0v) is 11.4. The summed E-state index contributed by atoms with van der Waals surface area (Å²) in [5, 5.41) is 10.1. The molecule has 0 unspecified atom stereocenters. The fourth-order valence-electron chi connectivity index (χ4n) is 1.30. The lowest BCUT2D eigenvalue weighted by atomic mass is 10.2. The first-order valence-corrected chi connectivity index (χ1v) is 6.86. The molecular formula is C10H15ClN2O3S. The Morgan fingerprint density at radius 1 is 1.35 bits per heavy atom. The van der Waals surface area contributed by atoms with Crippen molar-refractivity contribution in [1.29, 1.82) is 0 Å². The van der Waals surface area contributed by atoms with Gasteiger partial charge in [-0.25, -0.2) is 0 Å². The second-order valence-electron chi connectivity index (χ2n) is 4.00. The molecule has 3 N–H and O–H groups in total. The SMILES string of the molecule is Cc1cc(Cl)cc(NS(=O)(=O)NC(C)C)c1O. The fourth-order valence-corrected chi connectivity index (χ4v) is 2.70. The second-order valence-corrected chi connectivity index (χ2v) is 5.88. The summed E-state index contributed by atoms with van der Waals surface area (Å²) < 4.78 is 27.8. The van der Waals surface area contributed by atoms with Gasteiger partial charge in [0.05, 0.1) is 5.69 Å². The van der Waals surface area contributed by atoms with E-state index >= 15 is 0 Å². The Morgan fingerprint density at radius 2 is 1.94 bits per heavy atom. The molecule has 1 rings (SSSR count). The first kappa shape index (κ1) is 14.1. The zero-order chi connectivity index (χ0) is 13.2. The molecule has 0 aliphatic carbocycles. The molecule has 96 valence electrons. The molecule has 17 heavy (non-hydrogen) atoms. The van der Waals surface area contributed by atoms with Gasteiger partial charge in [0.1, 0.15) is 5.75 Å². The predicted octanol–water partition coefficient (Wildman–Crippen LogP) is 2.01. The molecule has 0 bridgehead atoms. The van der Waals surface area contributed by atoms with Gasteiger partial charge in [0, 0.05) is 11.1 Å². The number of hydrogen-bond acceptors (Lipinski definition) is 3. The Labute approximate surface area is 106 Å². The minimum Gasteiger partial charge on any atom is -0.505 e. The van der Waals surface area contributed by atoms with Gasteiger partial charge in [-0.15, -0.1) is 0 Å². The van der Waals surface area contributed by atoms with Crippen molar-refractivity contribution in [3.63, 3.8) is 0 Å². The number of halogens is 1. The maximum atomic E-state index is 11.6. The highest BCUT2D eigenvalue weighted by Crippen LogP contribution is 2.31. The van der Waals surface area contributed by atoms with Crippen LogP contribution >= 0.6 is 11.6 Å². The molecule has 5 nitrogen and oxygen atoms in total. The number of hydrogen-bond donors (Lipinski definition) is 3. The first-order valence-electron chi connectivity index (χ1n) is 5.00. The highest BCUT2D eigenvalue weighted by Gasteiger charge is 2.15. The highest BCUT2D eigenvalue weighted by atomic mass is 35.5. The molecule has 0 amide bonds. The van der Waals surface area contributed by atoms with Gasteiger partial charge in [-0.05, 0) is 38.5 Å². The molecule has 0 saturated carbocycles. The third-order valence-electron chi connectivity index (χ3n) is 1.90. The topological polar surface area (TPSA) is 78.4 Å². The van der Waals surface area contributed by atoms with Crippen LogP contribution in [0.3, 0.4) is 0 Å². The van der Waals surface area contributed by atoms with Crippen LogP contribution in [0.1, 0.15) is 19.4 Å². The van der Waals surface area contributed by atoms with Crippen molar-refractivity contribution in [1.82, 2.24) is 4.72 Å². The Kier molecular flexibility index (Phi) is 4.24. The molecule has 0 saturated heterocycles. The van der Waals surface area contributed by atoms with Gasteiger partial charge in [-0.3, -0.25) is 4.72 Å². The number of phenolic OH excluding ortho intramolecular Hbond substituents is 1. The molecule has 0 radical (unpaired) electrons. The summed E-state index contributed by atoms with van der Waals surface area (Å²) in [6, 6.07) is 2.66. The maximum absolute atomic E-state index is 11.6. The molecule has 0 spiro atoms. The van der Waals surface area contributed by atoms with Crippen molar-refractivity contribution in [3.05, 3.63) is 22.7 Å². The average molecular weight is 279 g/mol. The molecule has 0 aliphatic rings. The van der Waals surface area contributed by atoms with Crippen LogP contribution in [0.5, 0.6) is 5.75 Å². The van der Waals surface area contributed by atoms with Crippen molar-refractivity contribution in [3.8, 4) is 5.75 Å². The minimum absolute atomic E-state index is 0.0585. The summed E-state index contributed by atoms with van der Waals surface area (Å²) in [5.41, 5.74) is 0.558. The van der Waals surface area contributed by atoms with Crippen LogP contribution in [0.25, 0.3) is 0 Å². The van der Waals surface area contributed by atoms with Gasteiger partial charge < -0.3 is 5.11 Å². The first-order chi connectivity index (χ1) is 7.71. The number of benzene rings is 1. The quantitative estimate of drug-likeness (QED) is 0.737. The van der Waals surface area contributed by atoms with Crippen molar-refractivity contribution in [2.45, 2.75) is 26.8 Å². The Bertz CT molecular complexity index is 515. The summed E-state index contributed by atoms with van der Waals surface area (Å²) in [7, 11) is -3.71. The average Bonchev–Trinajstić information content (AvgIpc) is 2.10. The fraction of sp³-hybridized carbons (Fsp3) is 0.400. The summed E-state index contributed by atoms with van der Waals surface area (Å²) in [4.78, 5) is 0. The lowest BCUT2D eigenvalue weighted by Crippen LogP contribution is -2.35. The van der Waals surface area contributed by atoms with Crippen molar-refractivity contribution >= 4 is 27.5 Å². The van der Waals surface area contributed by atoms with E-state index < -0.39 is 10.2 Å². The number of anilines is 1. The van der Waals surface area contributed by atoms with Gasteiger partial charge in [-0.2, -0.15) is 13.1 Å². The van der Waals surface area contributed by atoms with E-state index in [1.165, 1.54) is 6.07 Å². The van der Waals surface area contributed by atoms with Gasteiger partial charge in [0.25, 0.3) is 10.2 Å². The number of rotatable bonds is 4. The van der Waals surface area contributed by atoms with Gasteiger partial charge in [-0.1, -0.05) is 11.6 Å². The van der Waals surface area contributed by atoms with E-state index in [4.69, 9.17) is 11.6 Å². The molecule has 7 heteroatoms. The third-order valence-corrected chi connectivity index (χ3v) is 3.39. The standard InChI is InChI=1S/C10H15ClN2O3S/c1-6(2)12-17(15,16)13-9-5-8(11)4-7(3)10(9)14/h4-6,12-14H,1-3H3.